The molecule has 0 saturated carbocycles. The number of benzene rings is 1. The highest BCUT2D eigenvalue weighted by atomic mass is 35.5. The molecule has 1 aliphatic heterocycles. The van der Waals surface area contributed by atoms with E-state index in [9.17, 15) is 4.79 Å². The van der Waals surface area contributed by atoms with Gasteiger partial charge in [-0.2, -0.15) is 0 Å². The molecule has 25 heavy (non-hydrogen) atoms. The lowest BCUT2D eigenvalue weighted by atomic mass is 10.0. The molecule has 1 aliphatic rings. The Bertz CT molecular complexity index is 668. The number of halogens is 2. The number of amides is 1. The molecule has 1 unspecified atom stereocenters. The number of hydrogen-bond acceptors (Lipinski definition) is 3. The van der Waals surface area contributed by atoms with Crippen molar-refractivity contribution in [2.45, 2.75) is 45.4 Å². The van der Waals surface area contributed by atoms with Gasteiger partial charge in [0.15, 0.2) is 0 Å². The van der Waals surface area contributed by atoms with E-state index in [1.807, 2.05) is 18.2 Å². The Hall–Kier alpha value is -1.30. The third-order valence-electron chi connectivity index (χ3n) is 4.52. The quantitative estimate of drug-likeness (QED) is 0.671. The molecule has 0 spiro atoms. The minimum Gasteiger partial charge on any atom is -0.342 e. The maximum Gasteiger partial charge on any atom is 0.224 e. The van der Waals surface area contributed by atoms with E-state index in [0.29, 0.717) is 12.3 Å². The van der Waals surface area contributed by atoms with E-state index in [0.717, 1.165) is 61.3 Å². The first-order chi connectivity index (χ1) is 11.2. The summed E-state index contributed by atoms with van der Waals surface area (Å²) in [6.45, 7) is 4.31. The number of imidazole rings is 1. The maximum absolute atomic E-state index is 12.1. The number of carbonyl (C=O) groups excluding carboxylic acids is 1. The van der Waals surface area contributed by atoms with Gasteiger partial charge in [-0.1, -0.05) is 13.3 Å². The van der Waals surface area contributed by atoms with E-state index in [1.165, 1.54) is 6.42 Å². The first kappa shape index (κ1) is 21.7. The highest BCUT2D eigenvalue weighted by molar-refractivity contribution is 5.93. The molecule has 1 aromatic heterocycles. The molecule has 0 radical (unpaired) electrons. The van der Waals surface area contributed by atoms with Crippen molar-refractivity contribution in [3.05, 3.63) is 24.0 Å². The molecule has 2 heterocycles. The Labute approximate surface area is 161 Å². The van der Waals surface area contributed by atoms with E-state index >= 15 is 0 Å². The average molecular weight is 387 g/mol. The predicted molar refractivity (Wildman–Crippen MR) is 108 cm³/mol. The fraction of sp³-hybridized carbons (Fsp3) is 0.556. The summed E-state index contributed by atoms with van der Waals surface area (Å²) >= 11 is 0. The molecule has 1 fully saturated rings. The molecule has 3 N–H and O–H groups in total. The van der Waals surface area contributed by atoms with E-state index in [2.05, 4.69) is 27.5 Å². The number of hydrogen-bond donors (Lipinski definition) is 3. The standard InChI is InChI=1S/C18H26N4O.2ClH/c1-2-3-4-17-21-15-7-6-14(11-16(15)22-17)20-18(23)8-5-13-9-10-19-12-13;;/h6-7,11,13,19H,2-5,8-10,12H2,1H3,(H,20,23)(H,21,22);2*1H. The van der Waals surface area contributed by atoms with Gasteiger partial charge in [0.2, 0.25) is 5.91 Å². The summed E-state index contributed by atoms with van der Waals surface area (Å²) in [4.78, 5) is 20.0. The van der Waals surface area contributed by atoms with Crippen molar-refractivity contribution in [3.63, 3.8) is 0 Å². The van der Waals surface area contributed by atoms with Crippen LogP contribution in [-0.4, -0.2) is 29.0 Å². The van der Waals surface area contributed by atoms with Gasteiger partial charge in [-0.25, -0.2) is 4.98 Å². The number of nitrogens with one attached hydrogen (secondary N) is 3. The molecule has 1 aromatic carbocycles. The molecule has 0 aliphatic carbocycles. The number of aromatic nitrogens is 2. The average Bonchev–Trinajstić information content (AvgIpc) is 3.19. The van der Waals surface area contributed by atoms with Crippen LogP contribution in [0.3, 0.4) is 0 Å². The molecule has 1 atom stereocenters. The van der Waals surface area contributed by atoms with E-state index in [1.54, 1.807) is 0 Å². The highest BCUT2D eigenvalue weighted by Gasteiger charge is 2.15. The van der Waals surface area contributed by atoms with Crippen LogP contribution in [0.1, 0.15) is 44.9 Å². The van der Waals surface area contributed by atoms with Gasteiger partial charge < -0.3 is 15.6 Å². The first-order valence-electron chi connectivity index (χ1n) is 8.74. The smallest absolute Gasteiger partial charge is 0.224 e. The fourth-order valence-corrected chi connectivity index (χ4v) is 3.12. The Morgan fingerprint density at radius 2 is 2.20 bits per heavy atom. The number of rotatable bonds is 7. The van der Waals surface area contributed by atoms with Gasteiger partial charge >= 0.3 is 0 Å². The summed E-state index contributed by atoms with van der Waals surface area (Å²) in [5.41, 5.74) is 2.80. The van der Waals surface area contributed by atoms with Crippen LogP contribution in [0.2, 0.25) is 0 Å². The van der Waals surface area contributed by atoms with Gasteiger partial charge in [0.1, 0.15) is 5.82 Å². The lowest BCUT2D eigenvalue weighted by molar-refractivity contribution is -0.116. The molecule has 0 bridgehead atoms. The number of fused-ring (bicyclic) bond motifs is 1. The second kappa shape index (κ2) is 10.6. The van der Waals surface area contributed by atoms with Crippen molar-refractivity contribution in [2.24, 2.45) is 5.92 Å². The molecule has 1 amide bonds. The number of aromatic amines is 1. The summed E-state index contributed by atoms with van der Waals surface area (Å²) in [6.07, 6.45) is 6.02. The second-order valence-electron chi connectivity index (χ2n) is 6.46. The lowest BCUT2D eigenvalue weighted by Crippen LogP contribution is -2.14. The monoisotopic (exact) mass is 386 g/mol. The van der Waals surface area contributed by atoms with Crippen molar-refractivity contribution in [1.29, 1.82) is 0 Å². The molecule has 2 aromatic rings. The second-order valence-corrected chi connectivity index (χ2v) is 6.46. The minimum atomic E-state index is 0. The zero-order valence-corrected chi connectivity index (χ0v) is 16.3. The van der Waals surface area contributed by atoms with Crippen LogP contribution in [0.25, 0.3) is 11.0 Å². The van der Waals surface area contributed by atoms with Gasteiger partial charge in [-0.15, -0.1) is 24.8 Å². The number of unbranched alkanes of at least 4 members (excludes halogenated alkanes) is 1. The largest absolute Gasteiger partial charge is 0.342 e. The van der Waals surface area contributed by atoms with Crippen molar-refractivity contribution < 1.29 is 4.79 Å². The molecule has 7 heteroatoms. The molecule has 5 nitrogen and oxygen atoms in total. The predicted octanol–water partition coefficient (Wildman–Crippen LogP) is 4.08. The van der Waals surface area contributed by atoms with Crippen molar-refractivity contribution in [3.8, 4) is 0 Å². The molecule has 1 saturated heterocycles. The van der Waals surface area contributed by atoms with Gasteiger partial charge in [0, 0.05) is 18.5 Å². The molecule has 3 rings (SSSR count). The highest BCUT2D eigenvalue weighted by Crippen LogP contribution is 2.19. The van der Waals surface area contributed by atoms with E-state index < -0.39 is 0 Å². The lowest BCUT2D eigenvalue weighted by Gasteiger charge is -2.08. The summed E-state index contributed by atoms with van der Waals surface area (Å²) in [5, 5.41) is 6.34. The maximum atomic E-state index is 12.1. The van der Waals surface area contributed by atoms with E-state index in [4.69, 9.17) is 0 Å². The van der Waals surface area contributed by atoms with Crippen LogP contribution in [-0.2, 0) is 11.2 Å². The zero-order chi connectivity index (χ0) is 16.1. The van der Waals surface area contributed by atoms with Crippen LogP contribution < -0.4 is 10.6 Å². The van der Waals surface area contributed by atoms with Crippen molar-refractivity contribution in [2.75, 3.05) is 18.4 Å². The van der Waals surface area contributed by atoms with Gasteiger partial charge in [-0.3, -0.25) is 4.79 Å². The van der Waals surface area contributed by atoms with Crippen molar-refractivity contribution >= 4 is 47.4 Å². The summed E-state index contributed by atoms with van der Waals surface area (Å²) in [6, 6.07) is 5.88. The Balaban J connectivity index is 0.00000156. The minimum absolute atomic E-state index is 0. The fourth-order valence-electron chi connectivity index (χ4n) is 3.12. The number of nitrogens with zero attached hydrogens (tertiary/aromatic N) is 1. The first-order valence-corrected chi connectivity index (χ1v) is 8.74. The van der Waals surface area contributed by atoms with Crippen LogP contribution >= 0.6 is 24.8 Å². The number of aryl methyl sites for hydroxylation is 1. The van der Waals surface area contributed by atoms with E-state index in [-0.39, 0.29) is 30.7 Å². The van der Waals surface area contributed by atoms with Crippen LogP contribution in [0.15, 0.2) is 18.2 Å². The zero-order valence-electron chi connectivity index (χ0n) is 14.6. The topological polar surface area (TPSA) is 69.8 Å². The van der Waals surface area contributed by atoms with Crippen LogP contribution in [0.4, 0.5) is 5.69 Å². The molecular weight excluding hydrogens is 359 g/mol. The van der Waals surface area contributed by atoms with Gasteiger partial charge in [0.05, 0.1) is 11.0 Å². The Morgan fingerprint density at radius 3 is 2.92 bits per heavy atom. The van der Waals surface area contributed by atoms with Crippen LogP contribution in [0, 0.1) is 5.92 Å². The normalized spacial score (nSPS) is 16.3. The van der Waals surface area contributed by atoms with Crippen molar-refractivity contribution in [1.82, 2.24) is 15.3 Å². The SMILES string of the molecule is CCCCc1nc2ccc(NC(=O)CCC3CCNC3)cc2[nH]1.Cl.Cl. The van der Waals surface area contributed by atoms with Gasteiger partial charge in [0.25, 0.3) is 0 Å². The number of anilines is 1. The number of carbonyl (C=O) groups is 1. The third kappa shape index (κ3) is 6.17. The molecular formula is C18H28Cl2N4O. The Morgan fingerprint density at radius 1 is 1.36 bits per heavy atom. The van der Waals surface area contributed by atoms with Gasteiger partial charge in [-0.05, 0) is 56.5 Å². The summed E-state index contributed by atoms with van der Waals surface area (Å²) in [5.74, 6) is 1.78. The summed E-state index contributed by atoms with van der Waals surface area (Å²) < 4.78 is 0. The molecule has 140 valence electrons. The number of H-pyrrole nitrogens is 1. The van der Waals surface area contributed by atoms with Crippen LogP contribution in [0.5, 0.6) is 0 Å². The summed E-state index contributed by atoms with van der Waals surface area (Å²) in [7, 11) is 0. The third-order valence-corrected chi connectivity index (χ3v) is 4.52. The Kier molecular flexibility index (Phi) is 9.25.